The summed E-state index contributed by atoms with van der Waals surface area (Å²) < 4.78 is 4.46. The summed E-state index contributed by atoms with van der Waals surface area (Å²) >= 11 is 0. The largest absolute Gasteiger partial charge is 0.384 e. The fraction of sp³-hybridized carbons (Fsp3) is 0.250. The number of amidine groups is 1. The summed E-state index contributed by atoms with van der Waals surface area (Å²) in [7, 11) is 0. The minimum Gasteiger partial charge on any atom is -0.384 e. The van der Waals surface area contributed by atoms with Gasteiger partial charge in [0.25, 0.3) is 0 Å². The Hall–Kier alpha value is -2.59. The van der Waals surface area contributed by atoms with Gasteiger partial charge in [-0.1, -0.05) is 17.9 Å². The number of aliphatic hydroxyl groups is 1. The van der Waals surface area contributed by atoms with Gasteiger partial charge in [-0.3, -0.25) is 0 Å². The summed E-state index contributed by atoms with van der Waals surface area (Å²) in [5.41, 5.74) is 13.1. The molecule has 5 N–H and O–H groups in total. The van der Waals surface area contributed by atoms with E-state index < -0.39 is 0 Å². The maximum absolute atomic E-state index is 8.66. The molecule has 0 unspecified atom stereocenters. The summed E-state index contributed by atoms with van der Waals surface area (Å²) in [5.74, 6) is 5.70. The van der Waals surface area contributed by atoms with Crippen molar-refractivity contribution in [3.8, 4) is 11.8 Å². The summed E-state index contributed by atoms with van der Waals surface area (Å²) in [6.07, 6.45) is 5.37. The number of rotatable bonds is 2. The van der Waals surface area contributed by atoms with Crippen LogP contribution in [0.1, 0.15) is 18.5 Å². The van der Waals surface area contributed by atoms with E-state index in [0.29, 0.717) is 5.70 Å². The summed E-state index contributed by atoms with van der Waals surface area (Å²) in [6.45, 7) is -0.164. The third kappa shape index (κ3) is 3.20. The highest BCUT2D eigenvalue weighted by Gasteiger charge is 2.11. The number of nitrogens with zero attached hydrogens (tertiary/aromatic N) is 3. The van der Waals surface area contributed by atoms with Gasteiger partial charge in [-0.2, -0.15) is 0 Å². The zero-order valence-electron chi connectivity index (χ0n) is 10.1. The molecule has 0 atom stereocenters. The normalized spacial score (nSPS) is 15.3. The highest BCUT2D eigenvalue weighted by Crippen LogP contribution is 2.18. The lowest BCUT2D eigenvalue weighted by Crippen LogP contribution is -2.16. The summed E-state index contributed by atoms with van der Waals surface area (Å²) in [6, 6.07) is 0. The molecule has 98 valence electrons. The average Bonchev–Trinajstić information content (AvgIpc) is 2.83. The van der Waals surface area contributed by atoms with Crippen LogP contribution in [0.25, 0.3) is 0 Å². The zero-order chi connectivity index (χ0) is 13.7. The van der Waals surface area contributed by atoms with E-state index in [4.69, 9.17) is 16.6 Å². The van der Waals surface area contributed by atoms with Crippen molar-refractivity contribution in [3.63, 3.8) is 0 Å². The smallest absolute Gasteiger partial charge is 0.199 e. The van der Waals surface area contributed by atoms with Crippen molar-refractivity contribution in [2.24, 2.45) is 10.7 Å². The van der Waals surface area contributed by atoms with Crippen LogP contribution in [0.5, 0.6) is 0 Å². The maximum atomic E-state index is 8.66. The number of nitrogens with two attached hydrogens (primary N) is 2. The van der Waals surface area contributed by atoms with Crippen molar-refractivity contribution in [2.45, 2.75) is 12.8 Å². The van der Waals surface area contributed by atoms with E-state index in [1.807, 2.05) is 12.2 Å². The van der Waals surface area contributed by atoms with Crippen LogP contribution < -0.4 is 11.5 Å². The molecule has 0 saturated heterocycles. The highest BCUT2D eigenvalue weighted by molar-refractivity contribution is 5.99. The van der Waals surface area contributed by atoms with Crippen LogP contribution in [0.3, 0.4) is 0 Å². The maximum Gasteiger partial charge on any atom is 0.199 e. The molecule has 0 radical (unpaired) electrons. The van der Waals surface area contributed by atoms with E-state index in [9.17, 15) is 0 Å². The number of aliphatic imine (C=N–C) groups is 1. The second-order valence-electron chi connectivity index (χ2n) is 3.79. The average molecular weight is 259 g/mol. The van der Waals surface area contributed by atoms with E-state index in [0.717, 1.165) is 18.4 Å². The molecule has 2 rings (SSSR count). The molecule has 0 aliphatic heterocycles. The van der Waals surface area contributed by atoms with Crippen LogP contribution in [0.4, 0.5) is 5.82 Å². The van der Waals surface area contributed by atoms with Crippen LogP contribution in [0.2, 0.25) is 0 Å². The Bertz CT molecular complexity index is 616. The molecule has 0 aromatic carbocycles. The molecular formula is C12H13N5O2. The van der Waals surface area contributed by atoms with Crippen LogP contribution in [0, 0.1) is 11.8 Å². The van der Waals surface area contributed by atoms with E-state index in [2.05, 4.69) is 31.8 Å². The molecule has 7 heteroatoms. The molecule has 1 heterocycles. The molecular weight excluding hydrogens is 246 g/mol. The van der Waals surface area contributed by atoms with Gasteiger partial charge in [0.05, 0.1) is 5.70 Å². The third-order valence-electron chi connectivity index (χ3n) is 2.42. The first-order chi connectivity index (χ1) is 9.20. The monoisotopic (exact) mass is 259 g/mol. The van der Waals surface area contributed by atoms with Gasteiger partial charge in [0.1, 0.15) is 6.61 Å². The molecule has 19 heavy (non-hydrogen) atoms. The Kier molecular flexibility index (Phi) is 3.95. The number of hydrogen-bond donors (Lipinski definition) is 3. The second kappa shape index (κ2) is 5.84. The molecule has 7 nitrogen and oxygen atoms in total. The lowest BCUT2D eigenvalue weighted by Gasteiger charge is -2.06. The topological polar surface area (TPSA) is 124 Å². The number of aliphatic hydroxyl groups excluding tert-OH is 1. The predicted octanol–water partition coefficient (Wildman–Crippen LogP) is -0.0431. The number of allylic oxidation sites excluding steroid dienone is 3. The minimum atomic E-state index is -0.164. The molecule has 0 fully saturated rings. The SMILES string of the molecule is NC(=NC1=CCCC(C#CCO)=C1)c1nonc1N. The van der Waals surface area contributed by atoms with Gasteiger partial charge in [0.2, 0.25) is 0 Å². The standard InChI is InChI=1S/C12H13N5O2/c13-11(10-12(14)17-19-16-10)15-9-5-1-3-8(7-9)4-2-6-18/h5,7,18H,1,3,6H2,(H2,13,15)(H2,14,17). The van der Waals surface area contributed by atoms with Crippen molar-refractivity contribution in [3.05, 3.63) is 29.1 Å². The Morgan fingerprint density at radius 1 is 1.53 bits per heavy atom. The Morgan fingerprint density at radius 2 is 2.37 bits per heavy atom. The first-order valence-corrected chi connectivity index (χ1v) is 5.63. The predicted molar refractivity (Wildman–Crippen MR) is 69.7 cm³/mol. The first kappa shape index (κ1) is 12.9. The third-order valence-corrected chi connectivity index (χ3v) is 2.42. The minimum absolute atomic E-state index is 0.0990. The van der Waals surface area contributed by atoms with Crippen LogP contribution in [0.15, 0.2) is 33.0 Å². The Morgan fingerprint density at radius 3 is 3.05 bits per heavy atom. The van der Waals surface area contributed by atoms with Crippen molar-refractivity contribution < 1.29 is 9.74 Å². The van der Waals surface area contributed by atoms with Gasteiger partial charge in [0, 0.05) is 5.57 Å². The summed E-state index contributed by atoms with van der Waals surface area (Å²) in [5, 5.41) is 15.7. The van der Waals surface area contributed by atoms with Crippen LogP contribution >= 0.6 is 0 Å². The lowest BCUT2D eigenvalue weighted by atomic mass is 10.0. The van der Waals surface area contributed by atoms with E-state index in [-0.39, 0.29) is 24.0 Å². The second-order valence-corrected chi connectivity index (χ2v) is 3.79. The van der Waals surface area contributed by atoms with Crippen molar-refractivity contribution in [1.82, 2.24) is 10.3 Å². The quantitative estimate of drug-likeness (QED) is 0.389. The fourth-order valence-electron chi connectivity index (χ4n) is 1.58. The molecule has 1 aliphatic rings. The van der Waals surface area contributed by atoms with Crippen LogP contribution in [-0.2, 0) is 0 Å². The number of hydrogen-bond acceptors (Lipinski definition) is 6. The van der Waals surface area contributed by atoms with Gasteiger partial charge >= 0.3 is 0 Å². The van der Waals surface area contributed by atoms with Gasteiger partial charge in [-0.15, -0.1) is 0 Å². The van der Waals surface area contributed by atoms with Crippen molar-refractivity contribution in [2.75, 3.05) is 12.3 Å². The molecule has 1 aromatic heterocycles. The number of nitrogen functional groups attached to an aromatic ring is 1. The Labute approximate surface area is 109 Å². The van der Waals surface area contributed by atoms with E-state index in [1.165, 1.54) is 0 Å². The lowest BCUT2D eigenvalue weighted by molar-refractivity contribution is 0.308. The molecule has 0 spiro atoms. The first-order valence-electron chi connectivity index (χ1n) is 5.63. The van der Waals surface area contributed by atoms with E-state index in [1.54, 1.807) is 0 Å². The molecule has 0 amide bonds. The molecule has 0 saturated carbocycles. The zero-order valence-corrected chi connectivity index (χ0v) is 10.1. The van der Waals surface area contributed by atoms with E-state index >= 15 is 0 Å². The molecule has 1 aromatic rings. The molecule has 1 aliphatic carbocycles. The number of anilines is 1. The van der Waals surface area contributed by atoms with Crippen molar-refractivity contribution >= 4 is 11.7 Å². The van der Waals surface area contributed by atoms with Crippen LogP contribution in [-0.4, -0.2) is 27.9 Å². The van der Waals surface area contributed by atoms with Crippen molar-refractivity contribution in [1.29, 1.82) is 0 Å². The van der Waals surface area contributed by atoms with Gasteiger partial charge < -0.3 is 16.6 Å². The van der Waals surface area contributed by atoms with Gasteiger partial charge in [0.15, 0.2) is 17.3 Å². The Balaban J connectivity index is 2.21. The van der Waals surface area contributed by atoms with Gasteiger partial charge in [-0.05, 0) is 29.2 Å². The highest BCUT2D eigenvalue weighted by atomic mass is 16.6. The summed E-state index contributed by atoms with van der Waals surface area (Å²) in [4.78, 5) is 4.20. The molecule has 0 bridgehead atoms. The van der Waals surface area contributed by atoms with Gasteiger partial charge in [-0.25, -0.2) is 9.62 Å². The number of aromatic nitrogens is 2. The fourth-order valence-corrected chi connectivity index (χ4v) is 1.58.